The van der Waals surface area contributed by atoms with Gasteiger partial charge in [-0.3, -0.25) is 9.59 Å². The number of methoxy groups -OCH3 is 3. The van der Waals surface area contributed by atoms with E-state index in [4.69, 9.17) is 23.7 Å². The zero-order valence-electron chi connectivity index (χ0n) is 25.2. The molecule has 5 aromatic rings. The van der Waals surface area contributed by atoms with Gasteiger partial charge in [0.25, 0.3) is 5.91 Å². The number of fused-ring (bicyclic) bond motifs is 2. The summed E-state index contributed by atoms with van der Waals surface area (Å²) < 4.78 is 42.9. The third-order valence-electron chi connectivity index (χ3n) is 7.49. The number of aromatic nitrogens is 3. The van der Waals surface area contributed by atoms with E-state index in [1.54, 1.807) is 54.6 Å². The second-order valence-corrected chi connectivity index (χ2v) is 10.3. The van der Waals surface area contributed by atoms with Crippen molar-refractivity contribution in [3.63, 3.8) is 0 Å². The number of nitrogens with one attached hydrogen (secondary N) is 1. The number of carbonyl (C=O) groups is 2. The third-order valence-corrected chi connectivity index (χ3v) is 7.49. The lowest BCUT2D eigenvalue weighted by Crippen LogP contribution is -2.42. The molecule has 1 N–H and O–H groups in total. The van der Waals surface area contributed by atoms with Crippen LogP contribution in [0.2, 0.25) is 0 Å². The van der Waals surface area contributed by atoms with Crippen LogP contribution in [0.15, 0.2) is 78.9 Å². The fraction of sp³-hybridized carbons (Fsp3) is 0.212. The molecule has 6 rings (SSSR count). The summed E-state index contributed by atoms with van der Waals surface area (Å²) in [7, 11) is 4.39. The number of carbonyl (C=O) groups excluding carboxylic acids is 2. The van der Waals surface area contributed by atoms with Crippen LogP contribution in [0.1, 0.15) is 17.2 Å². The van der Waals surface area contributed by atoms with Gasteiger partial charge in [0.2, 0.25) is 18.4 Å². The van der Waals surface area contributed by atoms with Gasteiger partial charge in [0.15, 0.2) is 23.0 Å². The Morgan fingerprint density at radius 1 is 0.935 bits per heavy atom. The van der Waals surface area contributed by atoms with E-state index in [2.05, 4.69) is 15.6 Å². The zero-order valence-corrected chi connectivity index (χ0v) is 25.2. The number of hydrogen-bond donors (Lipinski definition) is 1. The van der Waals surface area contributed by atoms with Crippen LogP contribution in [0, 0.1) is 5.82 Å². The Hall–Kier alpha value is -5.85. The summed E-state index contributed by atoms with van der Waals surface area (Å²) in [5.74, 6) is 0.466. The molecule has 2 heterocycles. The van der Waals surface area contributed by atoms with Crippen LogP contribution >= 0.6 is 0 Å². The van der Waals surface area contributed by atoms with Crippen molar-refractivity contribution in [2.24, 2.45) is 0 Å². The lowest BCUT2D eigenvalue weighted by atomic mass is 10.0. The Kier molecular flexibility index (Phi) is 8.55. The first kappa shape index (κ1) is 30.2. The standard InChI is InChI=1S/C33H30FN5O7/c1-42-28-14-21(15-29(43-2)32(28)44-3)31(33(41)35-23-12-13-26-27(16-23)46-19-45-26)38(17-20-8-10-22(34)11-9-20)30(40)18-39-25-7-5-4-6-24(25)36-37-39/h4-16,31H,17-19H2,1-3H3,(H,35,41)/t31-/m0/s1. The Morgan fingerprint density at radius 2 is 1.65 bits per heavy atom. The van der Waals surface area contributed by atoms with Crippen LogP contribution in [-0.4, -0.2) is 59.8 Å². The maximum absolute atomic E-state index is 14.4. The first-order chi connectivity index (χ1) is 22.4. The van der Waals surface area contributed by atoms with Crippen LogP contribution in [0.3, 0.4) is 0 Å². The van der Waals surface area contributed by atoms with E-state index in [1.165, 1.54) is 43.0 Å². The van der Waals surface area contributed by atoms with Gasteiger partial charge in [-0.2, -0.15) is 0 Å². The van der Waals surface area contributed by atoms with Crippen molar-refractivity contribution >= 4 is 28.5 Å². The summed E-state index contributed by atoms with van der Waals surface area (Å²) in [6.07, 6.45) is 0. The van der Waals surface area contributed by atoms with Crippen LogP contribution in [0.25, 0.3) is 11.0 Å². The fourth-order valence-electron chi connectivity index (χ4n) is 5.28. The molecule has 12 nitrogen and oxygen atoms in total. The monoisotopic (exact) mass is 627 g/mol. The van der Waals surface area contributed by atoms with Crippen molar-refractivity contribution in [2.75, 3.05) is 33.4 Å². The second-order valence-electron chi connectivity index (χ2n) is 10.3. The van der Waals surface area contributed by atoms with E-state index >= 15 is 0 Å². The Morgan fingerprint density at radius 3 is 2.37 bits per heavy atom. The number of para-hydroxylation sites is 1. The quantitative estimate of drug-likeness (QED) is 0.221. The molecule has 46 heavy (non-hydrogen) atoms. The molecular formula is C33H30FN5O7. The molecule has 13 heteroatoms. The van der Waals surface area contributed by atoms with Crippen molar-refractivity contribution in [3.8, 4) is 28.7 Å². The number of benzene rings is 4. The summed E-state index contributed by atoms with van der Waals surface area (Å²) >= 11 is 0. The molecular weight excluding hydrogens is 597 g/mol. The number of amides is 2. The van der Waals surface area contributed by atoms with Crippen LogP contribution in [0.4, 0.5) is 10.1 Å². The summed E-state index contributed by atoms with van der Waals surface area (Å²) in [6.45, 7) is -0.223. The number of rotatable bonds is 11. The van der Waals surface area contributed by atoms with Crippen molar-refractivity contribution < 1.29 is 37.7 Å². The lowest BCUT2D eigenvalue weighted by Gasteiger charge is -2.32. The van der Waals surface area contributed by atoms with Crippen LogP contribution in [-0.2, 0) is 22.7 Å². The maximum Gasteiger partial charge on any atom is 0.251 e. The highest BCUT2D eigenvalue weighted by atomic mass is 19.1. The predicted molar refractivity (Wildman–Crippen MR) is 165 cm³/mol. The first-order valence-corrected chi connectivity index (χ1v) is 14.2. The Balaban J connectivity index is 1.46. The molecule has 4 aromatic carbocycles. The van der Waals surface area contributed by atoms with E-state index in [0.717, 1.165) is 0 Å². The topological polar surface area (TPSA) is 126 Å². The highest BCUT2D eigenvalue weighted by Crippen LogP contribution is 2.42. The number of nitrogens with zero attached hydrogens (tertiary/aromatic N) is 4. The molecule has 0 saturated carbocycles. The van der Waals surface area contributed by atoms with Gasteiger partial charge in [0.05, 0.1) is 26.8 Å². The molecule has 0 bridgehead atoms. The average Bonchev–Trinajstić information content (AvgIpc) is 3.71. The van der Waals surface area contributed by atoms with Crippen molar-refractivity contribution in [2.45, 2.75) is 19.1 Å². The third kappa shape index (κ3) is 6.07. The van der Waals surface area contributed by atoms with Crippen LogP contribution < -0.4 is 29.0 Å². The minimum atomic E-state index is -1.24. The van der Waals surface area contributed by atoms with Crippen molar-refractivity contribution in [1.82, 2.24) is 19.9 Å². The number of anilines is 1. The van der Waals surface area contributed by atoms with Gasteiger partial charge in [-0.1, -0.05) is 29.5 Å². The maximum atomic E-state index is 14.4. The largest absolute Gasteiger partial charge is 0.493 e. The molecule has 0 unspecified atom stereocenters. The van der Waals surface area contributed by atoms with E-state index in [-0.39, 0.29) is 31.4 Å². The molecule has 0 aliphatic carbocycles. The predicted octanol–water partition coefficient (Wildman–Crippen LogP) is 4.73. The Labute approximate surface area is 263 Å². The molecule has 0 saturated heterocycles. The molecule has 0 fully saturated rings. The van der Waals surface area contributed by atoms with E-state index in [1.807, 2.05) is 12.1 Å². The first-order valence-electron chi connectivity index (χ1n) is 14.2. The minimum absolute atomic E-state index is 0.0539. The molecule has 1 aliphatic rings. The van der Waals surface area contributed by atoms with Gasteiger partial charge >= 0.3 is 0 Å². The number of halogens is 1. The lowest BCUT2D eigenvalue weighted by molar-refractivity contribution is -0.140. The Bertz CT molecular complexity index is 1870. The highest BCUT2D eigenvalue weighted by Gasteiger charge is 2.34. The summed E-state index contributed by atoms with van der Waals surface area (Å²) in [6, 6.07) is 19.9. The fourth-order valence-corrected chi connectivity index (χ4v) is 5.28. The zero-order chi connectivity index (χ0) is 32.2. The van der Waals surface area contributed by atoms with Gasteiger partial charge in [-0.05, 0) is 59.7 Å². The second kappa shape index (κ2) is 13.0. The minimum Gasteiger partial charge on any atom is -0.493 e. The van der Waals surface area contributed by atoms with E-state index in [9.17, 15) is 14.0 Å². The van der Waals surface area contributed by atoms with Gasteiger partial charge in [-0.15, -0.1) is 5.10 Å². The number of hydrogen-bond acceptors (Lipinski definition) is 9. The molecule has 236 valence electrons. The van der Waals surface area contributed by atoms with E-state index in [0.29, 0.717) is 45.1 Å². The van der Waals surface area contributed by atoms with Gasteiger partial charge in [0, 0.05) is 18.3 Å². The molecule has 2 amide bonds. The molecule has 1 aromatic heterocycles. The highest BCUT2D eigenvalue weighted by molar-refractivity contribution is 5.98. The molecule has 0 radical (unpaired) electrons. The molecule has 0 spiro atoms. The summed E-state index contributed by atoms with van der Waals surface area (Å²) in [5, 5.41) is 11.3. The van der Waals surface area contributed by atoms with Crippen molar-refractivity contribution in [1.29, 1.82) is 0 Å². The van der Waals surface area contributed by atoms with Crippen molar-refractivity contribution in [3.05, 3.63) is 95.8 Å². The molecule has 1 aliphatic heterocycles. The van der Waals surface area contributed by atoms with Gasteiger partial charge in [-0.25, -0.2) is 9.07 Å². The molecule has 1 atom stereocenters. The smallest absolute Gasteiger partial charge is 0.251 e. The van der Waals surface area contributed by atoms with Gasteiger partial charge < -0.3 is 33.9 Å². The van der Waals surface area contributed by atoms with Crippen LogP contribution in [0.5, 0.6) is 28.7 Å². The summed E-state index contributed by atoms with van der Waals surface area (Å²) in [5.41, 5.74) is 2.63. The summed E-state index contributed by atoms with van der Waals surface area (Å²) in [4.78, 5) is 30.1. The average molecular weight is 628 g/mol. The number of ether oxygens (including phenoxy) is 5. The normalized spacial score (nSPS) is 12.4. The van der Waals surface area contributed by atoms with E-state index < -0.39 is 23.7 Å². The van der Waals surface area contributed by atoms with Gasteiger partial charge in [0.1, 0.15) is 23.9 Å². The SMILES string of the molecule is COc1cc([C@@H](C(=O)Nc2ccc3c(c2)OCO3)N(Cc2ccc(F)cc2)C(=O)Cn2nnc3ccccc32)cc(OC)c1OC.